The van der Waals surface area contributed by atoms with E-state index < -0.39 is 12.2 Å². The van der Waals surface area contributed by atoms with Crippen LogP contribution in [0.1, 0.15) is 26.1 Å². The quantitative estimate of drug-likeness (QED) is 0.552. The second-order valence-electron chi connectivity index (χ2n) is 8.79. The second-order valence-corrected chi connectivity index (χ2v) is 8.79. The van der Waals surface area contributed by atoms with Crippen molar-refractivity contribution in [2.75, 3.05) is 63.0 Å². The molecule has 2 saturated heterocycles. The van der Waals surface area contributed by atoms with Crippen molar-refractivity contribution in [2.45, 2.75) is 25.8 Å². The number of imidazole rings is 1. The first-order chi connectivity index (χ1) is 16.4. The lowest BCUT2D eigenvalue weighted by atomic mass is 10.0. The molecule has 0 spiro atoms. The Bertz CT molecular complexity index is 1180. The van der Waals surface area contributed by atoms with Crippen molar-refractivity contribution in [3.05, 3.63) is 24.0 Å². The summed E-state index contributed by atoms with van der Waals surface area (Å²) in [4.78, 5) is 22.3. The number of hydrogen-bond acceptors (Lipinski definition) is 9. The van der Waals surface area contributed by atoms with Crippen LogP contribution in [0, 0.1) is 0 Å². The topological polar surface area (TPSA) is 90.7 Å². The number of para-hydroxylation sites is 1. The molecule has 2 aliphatic heterocycles. The largest absolute Gasteiger partial charge is 0.494 e. The molecule has 2 aromatic heterocycles. The summed E-state index contributed by atoms with van der Waals surface area (Å²) < 4.78 is 46.1. The minimum atomic E-state index is -2.84. The van der Waals surface area contributed by atoms with Gasteiger partial charge in [-0.3, -0.25) is 4.57 Å². The molecule has 0 N–H and O–H groups in total. The monoisotopic (exact) mass is 475 g/mol. The van der Waals surface area contributed by atoms with E-state index in [0.29, 0.717) is 74.7 Å². The van der Waals surface area contributed by atoms with E-state index in [0.717, 1.165) is 0 Å². The van der Waals surface area contributed by atoms with E-state index in [1.165, 1.54) is 11.7 Å². The fourth-order valence-electron chi connectivity index (χ4n) is 4.31. The van der Waals surface area contributed by atoms with Gasteiger partial charge < -0.3 is 24.0 Å². The molecule has 1 aromatic carbocycles. The molecule has 0 atom stereocenters. The first kappa shape index (κ1) is 22.7. The molecule has 0 unspecified atom stereocenters. The Labute approximate surface area is 195 Å². The highest BCUT2D eigenvalue weighted by Crippen LogP contribution is 2.33. The van der Waals surface area contributed by atoms with Crippen LogP contribution in [0.15, 0.2) is 18.2 Å². The molecule has 3 aromatic rings. The average molecular weight is 476 g/mol. The number of nitrogens with zero attached hydrogens (tertiary/aromatic N) is 7. The average Bonchev–Trinajstić information content (AvgIpc) is 3.24. The minimum Gasteiger partial charge on any atom is -0.494 e. The van der Waals surface area contributed by atoms with Crippen LogP contribution in [-0.4, -0.2) is 83.2 Å². The molecule has 4 heterocycles. The fraction of sp³-hybridized carbons (Fsp3) is 0.545. The third kappa shape index (κ3) is 4.00. The Kier molecular flexibility index (Phi) is 5.94. The Morgan fingerprint density at radius 2 is 1.65 bits per heavy atom. The number of halogens is 2. The minimum absolute atomic E-state index is 0.0832. The molecule has 0 bridgehead atoms. The van der Waals surface area contributed by atoms with Gasteiger partial charge in [0.05, 0.1) is 44.6 Å². The lowest BCUT2D eigenvalue weighted by Crippen LogP contribution is -2.54. The van der Waals surface area contributed by atoms with Crippen LogP contribution in [0.5, 0.6) is 5.75 Å². The molecule has 5 rings (SSSR count). The van der Waals surface area contributed by atoms with Crippen LogP contribution >= 0.6 is 0 Å². The summed E-state index contributed by atoms with van der Waals surface area (Å²) in [5.74, 6) is 0.848. The van der Waals surface area contributed by atoms with Crippen molar-refractivity contribution in [1.82, 2.24) is 24.5 Å². The molecule has 0 amide bonds. The second kappa shape index (κ2) is 8.91. The van der Waals surface area contributed by atoms with Gasteiger partial charge in [-0.2, -0.15) is 15.0 Å². The SMILES string of the molecule is COc1cccc2c1nc(C(F)F)n2-c1nc(N2CCOCC2)nc(N2CCOCC2(C)C)n1. The van der Waals surface area contributed by atoms with E-state index in [1.807, 2.05) is 23.6 Å². The number of hydrogen-bond donors (Lipinski definition) is 0. The number of ether oxygens (including phenoxy) is 3. The van der Waals surface area contributed by atoms with Crippen molar-refractivity contribution < 1.29 is 23.0 Å². The van der Waals surface area contributed by atoms with Gasteiger partial charge >= 0.3 is 0 Å². The zero-order chi connectivity index (χ0) is 23.9. The Balaban J connectivity index is 1.73. The van der Waals surface area contributed by atoms with Crippen molar-refractivity contribution >= 4 is 22.9 Å². The third-order valence-corrected chi connectivity index (χ3v) is 6.07. The van der Waals surface area contributed by atoms with Gasteiger partial charge in [0.25, 0.3) is 6.43 Å². The van der Waals surface area contributed by atoms with Gasteiger partial charge in [0.2, 0.25) is 17.8 Å². The zero-order valence-electron chi connectivity index (χ0n) is 19.4. The maximum atomic E-state index is 14.2. The van der Waals surface area contributed by atoms with Crippen molar-refractivity contribution in [1.29, 1.82) is 0 Å². The number of morpholine rings is 2. The molecule has 2 fully saturated rings. The fourth-order valence-corrected chi connectivity index (χ4v) is 4.31. The Morgan fingerprint density at radius 3 is 2.35 bits per heavy atom. The maximum absolute atomic E-state index is 14.2. The van der Waals surface area contributed by atoms with E-state index >= 15 is 0 Å². The summed E-state index contributed by atoms with van der Waals surface area (Å²) in [6.07, 6.45) is -2.84. The summed E-state index contributed by atoms with van der Waals surface area (Å²) in [5, 5.41) is 0. The summed E-state index contributed by atoms with van der Waals surface area (Å²) >= 11 is 0. The highest BCUT2D eigenvalue weighted by molar-refractivity contribution is 5.84. The Hall–Kier alpha value is -3.12. The van der Waals surface area contributed by atoms with E-state index in [9.17, 15) is 8.78 Å². The lowest BCUT2D eigenvalue weighted by Gasteiger charge is -2.42. The van der Waals surface area contributed by atoms with Gasteiger partial charge in [0, 0.05) is 19.6 Å². The highest BCUT2D eigenvalue weighted by atomic mass is 19.3. The first-order valence-corrected chi connectivity index (χ1v) is 11.2. The van der Waals surface area contributed by atoms with Gasteiger partial charge in [-0.1, -0.05) is 6.07 Å². The van der Waals surface area contributed by atoms with Crippen LogP contribution < -0.4 is 14.5 Å². The number of rotatable bonds is 5. The zero-order valence-corrected chi connectivity index (χ0v) is 19.4. The molecule has 12 heteroatoms. The first-order valence-electron chi connectivity index (χ1n) is 11.2. The number of methoxy groups -OCH3 is 1. The summed E-state index contributed by atoms with van der Waals surface area (Å²) in [5.41, 5.74) is 0.369. The molecule has 182 valence electrons. The third-order valence-electron chi connectivity index (χ3n) is 6.07. The van der Waals surface area contributed by atoms with Gasteiger partial charge in [0.15, 0.2) is 5.82 Å². The van der Waals surface area contributed by atoms with E-state index in [2.05, 4.69) is 15.0 Å². The normalized spacial score (nSPS) is 18.6. The van der Waals surface area contributed by atoms with Gasteiger partial charge in [-0.25, -0.2) is 13.8 Å². The van der Waals surface area contributed by atoms with Crippen LogP contribution in [0.2, 0.25) is 0 Å². The Morgan fingerprint density at radius 1 is 0.941 bits per heavy atom. The number of anilines is 2. The van der Waals surface area contributed by atoms with Gasteiger partial charge in [0.1, 0.15) is 11.3 Å². The van der Waals surface area contributed by atoms with Crippen molar-refractivity contribution in [2.24, 2.45) is 0 Å². The van der Waals surface area contributed by atoms with Crippen LogP contribution in [0.4, 0.5) is 20.7 Å². The predicted molar refractivity (Wildman–Crippen MR) is 121 cm³/mol. The van der Waals surface area contributed by atoms with Crippen LogP contribution in [0.25, 0.3) is 17.0 Å². The highest BCUT2D eigenvalue weighted by Gasteiger charge is 2.34. The van der Waals surface area contributed by atoms with Crippen molar-refractivity contribution in [3.63, 3.8) is 0 Å². The number of benzene rings is 1. The number of alkyl halides is 2. The van der Waals surface area contributed by atoms with Gasteiger partial charge in [-0.05, 0) is 26.0 Å². The summed E-state index contributed by atoms with van der Waals surface area (Å²) in [6.45, 7) is 7.90. The number of aromatic nitrogens is 5. The maximum Gasteiger partial charge on any atom is 0.296 e. The van der Waals surface area contributed by atoms with Crippen LogP contribution in [0.3, 0.4) is 0 Å². The lowest BCUT2D eigenvalue weighted by molar-refractivity contribution is 0.0633. The molecule has 34 heavy (non-hydrogen) atoms. The molecule has 0 saturated carbocycles. The molecular formula is C22H27F2N7O3. The van der Waals surface area contributed by atoms with Gasteiger partial charge in [-0.15, -0.1) is 0 Å². The molecule has 10 nitrogen and oxygen atoms in total. The van der Waals surface area contributed by atoms with Crippen molar-refractivity contribution in [3.8, 4) is 11.7 Å². The summed E-state index contributed by atoms with van der Waals surface area (Å²) in [7, 11) is 1.48. The molecule has 0 radical (unpaired) electrons. The molecule has 0 aliphatic carbocycles. The molecule has 2 aliphatic rings. The van der Waals surface area contributed by atoms with Crippen LogP contribution in [-0.2, 0) is 9.47 Å². The van der Waals surface area contributed by atoms with E-state index in [1.54, 1.807) is 18.2 Å². The standard InChI is InChI=1S/C22H27F2N7O3/c1-22(2)13-34-12-9-30(22)20-26-19(29-7-10-33-11-8-29)27-21(28-20)31-14-5-4-6-15(32-3)16(14)25-18(31)17(23)24/h4-6,17H,7-13H2,1-3H3. The van der Waals surface area contributed by atoms with E-state index in [4.69, 9.17) is 19.2 Å². The smallest absolute Gasteiger partial charge is 0.296 e. The predicted octanol–water partition coefficient (Wildman–Crippen LogP) is 2.61. The van der Waals surface area contributed by atoms with E-state index in [-0.39, 0.29) is 11.5 Å². The molecular weight excluding hydrogens is 448 g/mol. The number of fused-ring (bicyclic) bond motifs is 1. The summed E-state index contributed by atoms with van der Waals surface area (Å²) in [6, 6.07) is 5.11.